The average molecular weight is 347 g/mol. The minimum absolute atomic E-state index is 0.242. The number of anilines is 1. The molecule has 2 N–H and O–H groups in total. The standard InChI is InChI=1S/C16H14FN3O3S/c1-9-11-14(19-16(23)20(8-7-17)15(11)22)24-12(9)13(21)18-10-5-3-2-4-6-10/h2-6H,7-8H2,1H3,(H,18,21)(H,19,23). The Bertz CT molecular complexity index is 1020. The first kappa shape index (κ1) is 16.1. The summed E-state index contributed by atoms with van der Waals surface area (Å²) in [4.78, 5) is 39.9. The number of benzene rings is 1. The molecule has 8 heteroatoms. The number of aryl methyl sites for hydroxylation is 1. The van der Waals surface area contributed by atoms with Gasteiger partial charge < -0.3 is 5.32 Å². The van der Waals surface area contributed by atoms with Gasteiger partial charge in [-0.2, -0.15) is 0 Å². The molecule has 0 atom stereocenters. The van der Waals surface area contributed by atoms with Crippen LogP contribution < -0.4 is 16.6 Å². The Hall–Kier alpha value is -2.74. The zero-order valence-electron chi connectivity index (χ0n) is 12.8. The zero-order chi connectivity index (χ0) is 17.3. The summed E-state index contributed by atoms with van der Waals surface area (Å²) in [5.41, 5.74) is -0.166. The molecule has 124 valence electrons. The number of hydrogen-bond acceptors (Lipinski definition) is 4. The van der Waals surface area contributed by atoms with Crippen molar-refractivity contribution >= 4 is 33.1 Å². The summed E-state index contributed by atoms with van der Waals surface area (Å²) < 4.78 is 13.3. The highest BCUT2D eigenvalue weighted by Gasteiger charge is 2.20. The van der Waals surface area contributed by atoms with Crippen LogP contribution in [-0.4, -0.2) is 22.1 Å². The monoisotopic (exact) mass is 347 g/mol. The van der Waals surface area contributed by atoms with Gasteiger partial charge in [-0.05, 0) is 24.6 Å². The second-order valence-corrected chi connectivity index (χ2v) is 6.18. The molecule has 0 spiro atoms. The molecule has 0 saturated carbocycles. The summed E-state index contributed by atoms with van der Waals surface area (Å²) in [6, 6.07) is 8.91. The number of fused-ring (bicyclic) bond motifs is 1. The number of carbonyl (C=O) groups is 1. The van der Waals surface area contributed by atoms with E-state index in [9.17, 15) is 18.8 Å². The van der Waals surface area contributed by atoms with Crippen molar-refractivity contribution in [3.05, 3.63) is 61.6 Å². The number of nitrogens with one attached hydrogen (secondary N) is 2. The van der Waals surface area contributed by atoms with E-state index < -0.39 is 17.9 Å². The van der Waals surface area contributed by atoms with Crippen LogP contribution in [0.15, 0.2) is 39.9 Å². The lowest BCUT2D eigenvalue weighted by atomic mass is 10.2. The van der Waals surface area contributed by atoms with Gasteiger partial charge in [0, 0.05) is 5.69 Å². The van der Waals surface area contributed by atoms with Crippen LogP contribution in [0.25, 0.3) is 10.2 Å². The lowest BCUT2D eigenvalue weighted by Crippen LogP contribution is -2.35. The molecule has 2 heterocycles. The number of H-pyrrole nitrogens is 1. The van der Waals surface area contributed by atoms with Crippen LogP contribution in [-0.2, 0) is 6.54 Å². The van der Waals surface area contributed by atoms with Gasteiger partial charge in [-0.1, -0.05) is 18.2 Å². The van der Waals surface area contributed by atoms with E-state index in [2.05, 4.69) is 10.3 Å². The number of para-hydroxylation sites is 1. The highest BCUT2D eigenvalue weighted by atomic mass is 32.1. The number of carbonyl (C=O) groups excluding carboxylic acids is 1. The molecule has 0 saturated heterocycles. The van der Waals surface area contributed by atoms with Crippen molar-refractivity contribution < 1.29 is 9.18 Å². The van der Waals surface area contributed by atoms with Crippen molar-refractivity contribution in [2.45, 2.75) is 13.5 Å². The fraction of sp³-hybridized carbons (Fsp3) is 0.188. The Balaban J connectivity index is 2.09. The third kappa shape index (κ3) is 2.76. The molecule has 0 aliphatic rings. The van der Waals surface area contributed by atoms with Crippen molar-refractivity contribution in [1.82, 2.24) is 9.55 Å². The number of aromatic amines is 1. The van der Waals surface area contributed by atoms with E-state index in [1.54, 1.807) is 31.2 Å². The van der Waals surface area contributed by atoms with Gasteiger partial charge in [0.2, 0.25) is 0 Å². The van der Waals surface area contributed by atoms with Gasteiger partial charge in [-0.25, -0.2) is 9.18 Å². The number of aromatic nitrogens is 2. The topological polar surface area (TPSA) is 84.0 Å². The summed E-state index contributed by atoms with van der Waals surface area (Å²) in [6.07, 6.45) is 0. The first-order chi connectivity index (χ1) is 11.5. The number of alkyl halides is 1. The maximum absolute atomic E-state index is 12.5. The van der Waals surface area contributed by atoms with Crippen LogP contribution in [0.4, 0.5) is 10.1 Å². The average Bonchev–Trinajstić information content (AvgIpc) is 2.89. The lowest BCUT2D eigenvalue weighted by molar-refractivity contribution is 0.103. The number of rotatable bonds is 4. The first-order valence-electron chi connectivity index (χ1n) is 7.21. The SMILES string of the molecule is Cc1c(C(=O)Nc2ccccc2)sc2[nH]c(=O)n(CCF)c(=O)c12. The van der Waals surface area contributed by atoms with Crippen molar-refractivity contribution in [3.63, 3.8) is 0 Å². The van der Waals surface area contributed by atoms with Gasteiger partial charge in [-0.15, -0.1) is 11.3 Å². The van der Waals surface area contributed by atoms with Crippen molar-refractivity contribution in [3.8, 4) is 0 Å². The molecule has 2 aromatic heterocycles. The summed E-state index contributed by atoms with van der Waals surface area (Å²) in [5, 5.41) is 2.99. The minimum Gasteiger partial charge on any atom is -0.321 e. The van der Waals surface area contributed by atoms with Crippen LogP contribution in [0.3, 0.4) is 0 Å². The van der Waals surface area contributed by atoms with E-state index in [0.717, 1.165) is 15.9 Å². The second-order valence-electron chi connectivity index (χ2n) is 5.16. The molecule has 0 radical (unpaired) electrons. The molecule has 0 fully saturated rings. The number of nitrogens with zero attached hydrogens (tertiary/aromatic N) is 1. The molecule has 1 aromatic carbocycles. The first-order valence-corrected chi connectivity index (χ1v) is 8.03. The molecule has 24 heavy (non-hydrogen) atoms. The highest BCUT2D eigenvalue weighted by molar-refractivity contribution is 7.20. The van der Waals surface area contributed by atoms with Gasteiger partial charge >= 0.3 is 5.69 Å². The number of amides is 1. The smallest absolute Gasteiger partial charge is 0.321 e. The Morgan fingerprint density at radius 1 is 1.29 bits per heavy atom. The molecule has 3 aromatic rings. The molecule has 0 aliphatic carbocycles. The molecular formula is C16H14FN3O3S. The van der Waals surface area contributed by atoms with E-state index in [0.29, 0.717) is 21.0 Å². The number of halogens is 1. The summed E-state index contributed by atoms with van der Waals surface area (Å²) in [6.45, 7) is 0.502. The van der Waals surface area contributed by atoms with E-state index in [-0.39, 0.29) is 17.8 Å². The fourth-order valence-electron chi connectivity index (χ4n) is 2.46. The van der Waals surface area contributed by atoms with Crippen LogP contribution >= 0.6 is 11.3 Å². The van der Waals surface area contributed by atoms with Crippen LogP contribution in [0.5, 0.6) is 0 Å². The van der Waals surface area contributed by atoms with E-state index in [1.165, 1.54) is 0 Å². The molecular weight excluding hydrogens is 333 g/mol. The van der Waals surface area contributed by atoms with Crippen LogP contribution in [0.2, 0.25) is 0 Å². The summed E-state index contributed by atoms with van der Waals surface area (Å²) >= 11 is 1.03. The highest BCUT2D eigenvalue weighted by Crippen LogP contribution is 2.27. The van der Waals surface area contributed by atoms with Gasteiger partial charge in [0.15, 0.2) is 0 Å². The Morgan fingerprint density at radius 3 is 2.67 bits per heavy atom. The Kier molecular flexibility index (Phi) is 4.30. The Morgan fingerprint density at radius 2 is 2.00 bits per heavy atom. The van der Waals surface area contributed by atoms with Gasteiger partial charge in [-0.3, -0.25) is 19.1 Å². The number of thiophene rings is 1. The zero-order valence-corrected chi connectivity index (χ0v) is 13.6. The normalized spacial score (nSPS) is 10.9. The third-order valence-electron chi connectivity index (χ3n) is 3.62. The summed E-state index contributed by atoms with van der Waals surface area (Å²) in [5.74, 6) is -0.364. The van der Waals surface area contributed by atoms with Crippen molar-refractivity contribution in [2.24, 2.45) is 0 Å². The predicted molar refractivity (Wildman–Crippen MR) is 91.8 cm³/mol. The largest absolute Gasteiger partial charge is 0.329 e. The quantitative estimate of drug-likeness (QED) is 0.759. The minimum atomic E-state index is -0.820. The Labute approximate surface area is 139 Å². The van der Waals surface area contributed by atoms with E-state index in [4.69, 9.17) is 0 Å². The summed E-state index contributed by atoms with van der Waals surface area (Å²) in [7, 11) is 0. The van der Waals surface area contributed by atoms with Crippen molar-refractivity contribution in [2.75, 3.05) is 12.0 Å². The van der Waals surface area contributed by atoms with Crippen LogP contribution in [0, 0.1) is 6.92 Å². The third-order valence-corrected chi connectivity index (χ3v) is 4.82. The molecule has 0 unspecified atom stereocenters. The maximum Gasteiger partial charge on any atom is 0.329 e. The molecule has 6 nitrogen and oxygen atoms in total. The van der Waals surface area contributed by atoms with Gasteiger partial charge in [0.1, 0.15) is 11.5 Å². The van der Waals surface area contributed by atoms with Crippen molar-refractivity contribution in [1.29, 1.82) is 0 Å². The molecule has 0 aliphatic heterocycles. The molecule has 3 rings (SSSR count). The number of hydrogen-bond donors (Lipinski definition) is 2. The molecule has 0 bridgehead atoms. The molecule has 1 amide bonds. The van der Waals surface area contributed by atoms with Gasteiger partial charge in [0.25, 0.3) is 11.5 Å². The maximum atomic E-state index is 12.5. The fourth-order valence-corrected chi connectivity index (χ4v) is 3.55. The van der Waals surface area contributed by atoms with Crippen LogP contribution in [0.1, 0.15) is 15.2 Å². The van der Waals surface area contributed by atoms with Gasteiger partial charge in [0.05, 0.1) is 16.8 Å². The van der Waals surface area contributed by atoms with E-state index >= 15 is 0 Å². The van der Waals surface area contributed by atoms with E-state index in [1.807, 2.05) is 6.07 Å². The lowest BCUT2D eigenvalue weighted by Gasteiger charge is -2.03. The second kappa shape index (κ2) is 6.40. The predicted octanol–water partition coefficient (Wildman–Crippen LogP) is 2.28.